The minimum atomic E-state index is -1.66. The molecule has 0 bridgehead atoms. The Bertz CT molecular complexity index is 299. The van der Waals surface area contributed by atoms with Gasteiger partial charge in [-0.3, -0.25) is 4.79 Å². The van der Waals surface area contributed by atoms with Gasteiger partial charge in [0.15, 0.2) is 6.61 Å². The van der Waals surface area contributed by atoms with Gasteiger partial charge in [-0.1, -0.05) is 0 Å². The van der Waals surface area contributed by atoms with Gasteiger partial charge in [0.05, 0.1) is 12.2 Å². The number of aliphatic carboxylic acids is 1. The molecule has 0 aliphatic carbocycles. The van der Waals surface area contributed by atoms with Crippen molar-refractivity contribution in [1.29, 1.82) is 0 Å². The molecule has 0 saturated carbocycles. The van der Waals surface area contributed by atoms with E-state index in [0.717, 1.165) is 0 Å². The van der Waals surface area contributed by atoms with Gasteiger partial charge < -0.3 is 19.3 Å². The number of carboxylic acids is 1. The molecule has 0 atom stereocenters. The zero-order valence-electron chi connectivity index (χ0n) is 10.8. The fourth-order valence-corrected chi connectivity index (χ4v) is 0.904. The van der Waals surface area contributed by atoms with Crippen LogP contribution >= 0.6 is 0 Å². The molecule has 104 valence electrons. The molecule has 0 aromatic heterocycles. The molecule has 0 aromatic carbocycles. The van der Waals surface area contributed by atoms with Crippen LogP contribution < -0.4 is 0 Å². The van der Waals surface area contributed by atoms with Crippen molar-refractivity contribution in [3.05, 3.63) is 0 Å². The van der Waals surface area contributed by atoms with E-state index >= 15 is 0 Å². The molecule has 0 unspecified atom stereocenters. The number of rotatable bonds is 8. The largest absolute Gasteiger partial charge is 0.475 e. The fourth-order valence-electron chi connectivity index (χ4n) is 0.904. The number of carbonyl (C=O) groups excluding carboxylic acids is 2. The molecule has 0 radical (unpaired) electrons. The van der Waals surface area contributed by atoms with E-state index in [0.29, 0.717) is 0 Å². The zero-order valence-corrected chi connectivity index (χ0v) is 10.8. The van der Waals surface area contributed by atoms with E-state index in [2.05, 4.69) is 4.74 Å². The summed E-state index contributed by atoms with van der Waals surface area (Å²) in [6, 6.07) is 0. The first-order valence-electron chi connectivity index (χ1n) is 5.47. The first kappa shape index (κ1) is 16.5. The second kappa shape index (κ2) is 7.78. The summed E-state index contributed by atoms with van der Waals surface area (Å²) in [5.74, 6) is -3.79. The maximum absolute atomic E-state index is 11.5. The monoisotopic (exact) mass is 262 g/mol. The van der Waals surface area contributed by atoms with Crippen molar-refractivity contribution >= 4 is 17.7 Å². The Hall–Kier alpha value is -1.47. The summed E-state index contributed by atoms with van der Waals surface area (Å²) in [5.41, 5.74) is 0. The second-order valence-corrected chi connectivity index (χ2v) is 4.04. The van der Waals surface area contributed by atoms with E-state index in [1.54, 1.807) is 27.7 Å². The van der Waals surface area contributed by atoms with Crippen LogP contribution in [0, 0.1) is 0 Å². The van der Waals surface area contributed by atoms with Crippen LogP contribution in [0.2, 0.25) is 0 Å². The molecular formula is C11H18O7. The van der Waals surface area contributed by atoms with Crippen LogP contribution in [0.15, 0.2) is 0 Å². The van der Waals surface area contributed by atoms with E-state index in [-0.39, 0.29) is 12.2 Å². The van der Waals surface area contributed by atoms with Gasteiger partial charge in [0, 0.05) is 0 Å². The van der Waals surface area contributed by atoms with Crippen LogP contribution in [0.5, 0.6) is 0 Å². The van der Waals surface area contributed by atoms with E-state index in [1.165, 1.54) is 0 Å². The summed E-state index contributed by atoms with van der Waals surface area (Å²) in [6.07, 6.45) is -1.83. The number of Topliss-reactive ketones (excluding diaryl/α,β-unsaturated/α-hetero) is 1. The van der Waals surface area contributed by atoms with Crippen LogP contribution in [-0.4, -0.2) is 47.9 Å². The molecule has 0 amide bonds. The van der Waals surface area contributed by atoms with Crippen LogP contribution in [0.4, 0.5) is 0 Å². The highest BCUT2D eigenvalue weighted by Crippen LogP contribution is 2.06. The lowest BCUT2D eigenvalue weighted by atomic mass is 10.4. The lowest BCUT2D eigenvalue weighted by Gasteiger charge is -2.21. The minimum absolute atomic E-state index is 0.281. The predicted octanol–water partition coefficient (Wildman–Crippen LogP) is 0.359. The van der Waals surface area contributed by atoms with Crippen molar-refractivity contribution < 1.29 is 33.7 Å². The van der Waals surface area contributed by atoms with Crippen molar-refractivity contribution in [3.8, 4) is 0 Å². The fraction of sp³-hybridized carbons (Fsp3) is 0.727. The third kappa shape index (κ3) is 6.97. The first-order chi connectivity index (χ1) is 8.23. The summed E-state index contributed by atoms with van der Waals surface area (Å²) >= 11 is 0. The molecule has 7 heteroatoms. The summed E-state index contributed by atoms with van der Waals surface area (Å²) in [7, 11) is 0. The standard InChI is InChI=1S/C11H18O7/c1-6(2)17-11(18-7(3)4)10(15)16-5-8(12)9(13)14/h6-7,11H,5H2,1-4H3,(H,13,14). The number of carboxylic acid groups (broad SMARTS) is 1. The Morgan fingerprint density at radius 1 is 1.00 bits per heavy atom. The van der Waals surface area contributed by atoms with Crippen LogP contribution in [0.25, 0.3) is 0 Å². The Balaban J connectivity index is 4.37. The summed E-state index contributed by atoms with van der Waals surface area (Å²) in [6.45, 7) is 5.96. The predicted molar refractivity (Wildman–Crippen MR) is 59.8 cm³/mol. The average Bonchev–Trinajstić information content (AvgIpc) is 2.22. The molecular weight excluding hydrogens is 244 g/mol. The maximum Gasteiger partial charge on any atom is 0.375 e. The van der Waals surface area contributed by atoms with Crippen molar-refractivity contribution in [3.63, 3.8) is 0 Å². The molecule has 0 aliphatic rings. The number of hydrogen-bond acceptors (Lipinski definition) is 6. The number of esters is 1. The SMILES string of the molecule is CC(C)OC(OC(C)C)C(=O)OCC(=O)C(=O)O. The molecule has 7 nitrogen and oxygen atoms in total. The molecule has 0 aromatic rings. The van der Waals surface area contributed by atoms with E-state index in [9.17, 15) is 14.4 Å². The van der Waals surface area contributed by atoms with E-state index < -0.39 is 30.6 Å². The Labute approximate surface area is 105 Å². The Morgan fingerprint density at radius 2 is 1.44 bits per heavy atom. The van der Waals surface area contributed by atoms with Gasteiger partial charge in [0.1, 0.15) is 0 Å². The van der Waals surface area contributed by atoms with Crippen LogP contribution in [0.3, 0.4) is 0 Å². The Kier molecular flexibility index (Phi) is 7.14. The molecule has 0 aliphatic heterocycles. The molecule has 0 spiro atoms. The first-order valence-corrected chi connectivity index (χ1v) is 5.47. The van der Waals surface area contributed by atoms with Gasteiger partial charge in [-0.05, 0) is 27.7 Å². The van der Waals surface area contributed by atoms with Gasteiger partial charge in [-0.15, -0.1) is 0 Å². The van der Waals surface area contributed by atoms with Gasteiger partial charge in [-0.2, -0.15) is 0 Å². The summed E-state index contributed by atoms with van der Waals surface area (Å²) in [5, 5.41) is 8.32. The molecule has 0 saturated heterocycles. The lowest BCUT2D eigenvalue weighted by Crippen LogP contribution is -2.35. The third-order valence-electron chi connectivity index (χ3n) is 1.57. The Morgan fingerprint density at radius 3 is 1.78 bits per heavy atom. The lowest BCUT2D eigenvalue weighted by molar-refractivity contribution is -0.211. The van der Waals surface area contributed by atoms with Gasteiger partial charge in [-0.25, -0.2) is 9.59 Å². The molecule has 0 heterocycles. The van der Waals surface area contributed by atoms with Crippen molar-refractivity contribution in [2.45, 2.75) is 46.2 Å². The number of carbonyl (C=O) groups is 3. The number of ketones is 1. The van der Waals surface area contributed by atoms with Crippen molar-refractivity contribution in [1.82, 2.24) is 0 Å². The van der Waals surface area contributed by atoms with Gasteiger partial charge in [0.2, 0.25) is 0 Å². The molecule has 0 fully saturated rings. The number of hydrogen-bond donors (Lipinski definition) is 1. The minimum Gasteiger partial charge on any atom is -0.475 e. The van der Waals surface area contributed by atoms with E-state index in [4.69, 9.17) is 14.6 Å². The molecule has 1 N–H and O–H groups in total. The number of ether oxygens (including phenoxy) is 3. The molecule has 0 rings (SSSR count). The van der Waals surface area contributed by atoms with Gasteiger partial charge >= 0.3 is 11.9 Å². The van der Waals surface area contributed by atoms with E-state index in [1.807, 2.05) is 0 Å². The third-order valence-corrected chi connectivity index (χ3v) is 1.57. The summed E-state index contributed by atoms with van der Waals surface area (Å²) < 4.78 is 14.8. The topological polar surface area (TPSA) is 99.1 Å². The maximum atomic E-state index is 11.5. The smallest absolute Gasteiger partial charge is 0.375 e. The highest BCUT2D eigenvalue weighted by molar-refractivity contribution is 6.33. The highest BCUT2D eigenvalue weighted by atomic mass is 16.7. The average molecular weight is 262 g/mol. The highest BCUT2D eigenvalue weighted by Gasteiger charge is 2.26. The van der Waals surface area contributed by atoms with Crippen molar-refractivity contribution in [2.75, 3.05) is 6.61 Å². The molecule has 18 heavy (non-hydrogen) atoms. The quantitative estimate of drug-likeness (QED) is 0.383. The van der Waals surface area contributed by atoms with Gasteiger partial charge in [0.25, 0.3) is 12.1 Å². The summed E-state index contributed by atoms with van der Waals surface area (Å²) in [4.78, 5) is 32.5. The normalized spacial score (nSPS) is 11.1. The van der Waals surface area contributed by atoms with Crippen LogP contribution in [-0.2, 0) is 28.6 Å². The zero-order chi connectivity index (χ0) is 14.3. The van der Waals surface area contributed by atoms with Crippen LogP contribution in [0.1, 0.15) is 27.7 Å². The van der Waals surface area contributed by atoms with Crippen molar-refractivity contribution in [2.24, 2.45) is 0 Å². The second-order valence-electron chi connectivity index (χ2n) is 4.04.